The normalized spacial score (nSPS) is 18.1. The van der Waals surface area contributed by atoms with E-state index < -0.39 is 47.8 Å². The fourth-order valence-corrected chi connectivity index (χ4v) is 8.98. The van der Waals surface area contributed by atoms with E-state index in [-0.39, 0.29) is 125 Å². The van der Waals surface area contributed by atoms with Crippen LogP contribution in [0.2, 0.25) is 0 Å². The Morgan fingerprint density at radius 1 is 0.447 bits per heavy atom. The molecule has 412 valence electrons. The molecule has 76 heavy (non-hydrogen) atoms. The van der Waals surface area contributed by atoms with Crippen LogP contribution in [0.4, 0.5) is 11.4 Å². The van der Waals surface area contributed by atoms with E-state index in [0.29, 0.717) is 48.7 Å². The minimum Gasteiger partial charge on any atom is -0.480 e. The molecule has 3 heterocycles. The molecule has 0 saturated carbocycles. The molecule has 2 aliphatic rings. The summed E-state index contributed by atoms with van der Waals surface area (Å²) >= 11 is 9.28. The van der Waals surface area contributed by atoms with Crippen LogP contribution < -0.4 is 0 Å². The van der Waals surface area contributed by atoms with Crippen molar-refractivity contribution < 1.29 is 69.3 Å². The number of hydrogen-bond acceptors (Lipinski definition) is 19. The van der Waals surface area contributed by atoms with Gasteiger partial charge in [-0.05, 0) is 84.8 Å². The highest BCUT2D eigenvalue weighted by Crippen LogP contribution is 2.20. The van der Waals surface area contributed by atoms with Crippen molar-refractivity contribution in [2.75, 3.05) is 111 Å². The number of thiocarbonyl (C=S) groups is 2. The molecule has 24 nitrogen and oxygen atoms in total. The first kappa shape index (κ1) is 63.5. The van der Waals surface area contributed by atoms with Gasteiger partial charge >= 0.3 is 41.8 Å². The van der Waals surface area contributed by atoms with E-state index in [2.05, 4.69) is 49.7 Å². The number of pyridine rings is 1. The number of fused-ring (bicyclic) bond motifs is 2. The van der Waals surface area contributed by atoms with Gasteiger partial charge in [0.05, 0.1) is 78.9 Å². The van der Waals surface area contributed by atoms with Gasteiger partial charge in [-0.25, -0.2) is 0 Å². The SMILES string of the molecule is C.O=C(O)CN1CCN(CC(=O)O)CC(Cc2ccc(N=C=S)cc2)N(CC(=O)O)Cc2cccc(n2)C1.O=C(O)CN1CCN(CC(=O)O)CCN(CC(=O)O)C(Cc2ccc(N=C=S)cc2)CN(CC(=O)O)CC1. The molecule has 1 aromatic heterocycles. The first-order chi connectivity index (χ1) is 35.8. The van der Waals surface area contributed by atoms with E-state index >= 15 is 0 Å². The van der Waals surface area contributed by atoms with Crippen LogP contribution in [0.25, 0.3) is 0 Å². The van der Waals surface area contributed by atoms with Crippen LogP contribution in [0.1, 0.15) is 29.9 Å². The van der Waals surface area contributed by atoms with E-state index in [9.17, 15) is 69.3 Å². The van der Waals surface area contributed by atoms with Gasteiger partial charge in [-0.15, -0.1) is 0 Å². The Morgan fingerprint density at radius 3 is 1.18 bits per heavy atom. The number of aliphatic carboxylic acids is 7. The Kier molecular flexibility index (Phi) is 27.8. The number of aromatic nitrogens is 1. The van der Waals surface area contributed by atoms with E-state index in [1.807, 2.05) is 30.3 Å². The van der Waals surface area contributed by atoms with Gasteiger partial charge in [-0.3, -0.25) is 72.8 Å². The van der Waals surface area contributed by atoms with Crippen LogP contribution in [0.15, 0.2) is 76.7 Å². The molecule has 26 heteroatoms. The summed E-state index contributed by atoms with van der Waals surface area (Å²) in [5.41, 5.74) is 4.35. The Labute approximate surface area is 450 Å². The molecule has 0 radical (unpaired) electrons. The van der Waals surface area contributed by atoms with Crippen molar-refractivity contribution in [1.29, 1.82) is 0 Å². The molecule has 0 spiro atoms. The molecule has 2 aromatic carbocycles. The highest BCUT2D eigenvalue weighted by Gasteiger charge is 2.29. The molecular formula is C50H66N10O14S2. The highest BCUT2D eigenvalue weighted by molar-refractivity contribution is 7.78. The van der Waals surface area contributed by atoms with E-state index in [0.717, 1.165) is 11.1 Å². The van der Waals surface area contributed by atoms with E-state index in [1.54, 1.807) is 70.7 Å². The zero-order valence-electron chi connectivity index (χ0n) is 41.1. The number of aliphatic imine (C=N–C) groups is 2. The van der Waals surface area contributed by atoms with E-state index in [4.69, 9.17) is 0 Å². The van der Waals surface area contributed by atoms with Crippen LogP contribution in [0.5, 0.6) is 0 Å². The van der Waals surface area contributed by atoms with Gasteiger partial charge in [0, 0.05) is 90.6 Å². The molecule has 2 bridgehead atoms. The largest absolute Gasteiger partial charge is 0.480 e. The molecule has 1 saturated heterocycles. The van der Waals surface area contributed by atoms with Gasteiger partial charge < -0.3 is 35.7 Å². The smallest absolute Gasteiger partial charge is 0.317 e. The predicted molar refractivity (Wildman–Crippen MR) is 285 cm³/mol. The third-order valence-corrected chi connectivity index (χ3v) is 12.3. The molecule has 0 aliphatic carbocycles. The molecule has 5 rings (SSSR count). The average molecular weight is 1100 g/mol. The van der Waals surface area contributed by atoms with Crippen LogP contribution >= 0.6 is 24.4 Å². The molecule has 1 fully saturated rings. The summed E-state index contributed by atoms with van der Waals surface area (Å²) in [4.78, 5) is 106. The fourth-order valence-electron chi connectivity index (χ4n) is 8.77. The second kappa shape index (κ2) is 33.3. The number of carbonyl (C=O) groups is 7. The van der Waals surface area contributed by atoms with E-state index in [1.165, 1.54) is 0 Å². The summed E-state index contributed by atoms with van der Waals surface area (Å²) < 4.78 is 0. The zero-order valence-corrected chi connectivity index (χ0v) is 42.8. The van der Waals surface area contributed by atoms with Crippen molar-refractivity contribution in [1.82, 2.24) is 39.3 Å². The molecule has 7 N–H and O–H groups in total. The summed E-state index contributed by atoms with van der Waals surface area (Å²) in [6.07, 6.45) is 0.840. The Balaban J connectivity index is 0.000000395. The second-order valence-electron chi connectivity index (χ2n) is 17.9. The monoisotopic (exact) mass is 1090 g/mol. The van der Waals surface area contributed by atoms with Crippen molar-refractivity contribution >= 4 is 87.9 Å². The molecule has 3 aromatic rings. The topological polar surface area (TPSA) is 321 Å². The van der Waals surface area contributed by atoms with Gasteiger partial charge in [-0.1, -0.05) is 37.8 Å². The van der Waals surface area contributed by atoms with Crippen LogP contribution in [0.3, 0.4) is 0 Å². The summed E-state index contributed by atoms with van der Waals surface area (Å²) in [6, 6.07) is 19.1. The minimum atomic E-state index is -1.06. The number of hydrogen-bond donors (Lipinski definition) is 7. The van der Waals surface area contributed by atoms with Gasteiger partial charge in [-0.2, -0.15) is 9.98 Å². The lowest BCUT2D eigenvalue weighted by atomic mass is 10.0. The third-order valence-electron chi connectivity index (χ3n) is 12.1. The van der Waals surface area contributed by atoms with Crippen LogP contribution in [0, 0.1) is 0 Å². The first-order valence-electron chi connectivity index (χ1n) is 23.7. The standard InChI is InChI=1S/C25H29N5O6S.C24H33N5O8S.CH4/c31-23(32)14-28-8-9-29(15-24(33)34)13-22(10-18-4-6-19(7-5-18)26-17-37)30(16-25(35)36)12-21-3-1-2-20(11-28)27-21;30-21(31)13-26-5-6-27(14-22(32)33)9-10-29(16-24(36)37)20(12-28(8-7-26)15-23(34)35)11-18-1-3-19(4-2-18)25-17-38;/h1-7,22H,8-16H2,(H,31,32)(H,33,34)(H,35,36);1-4,20H,5-16H2,(H,30,31)(H,32,33)(H,34,35)(H,36,37);1H4. The van der Waals surface area contributed by atoms with Crippen molar-refractivity contribution in [3.63, 3.8) is 0 Å². The number of nitrogens with zero attached hydrogens (tertiary/aromatic N) is 10. The maximum atomic E-state index is 11.8. The second-order valence-corrected chi connectivity index (χ2v) is 18.3. The molecule has 2 aliphatic heterocycles. The highest BCUT2D eigenvalue weighted by atomic mass is 32.1. The molecule has 0 amide bonds. The third kappa shape index (κ3) is 24.7. The lowest BCUT2D eigenvalue weighted by Crippen LogP contribution is -2.53. The van der Waals surface area contributed by atoms with Crippen molar-refractivity contribution in [2.24, 2.45) is 9.98 Å². The van der Waals surface area contributed by atoms with Crippen molar-refractivity contribution in [2.45, 2.75) is 45.4 Å². The van der Waals surface area contributed by atoms with Crippen LogP contribution in [-0.2, 0) is 59.5 Å². The van der Waals surface area contributed by atoms with Crippen molar-refractivity contribution in [3.8, 4) is 0 Å². The number of carboxylic acid groups (broad SMARTS) is 7. The first-order valence-corrected chi connectivity index (χ1v) is 24.5. The summed E-state index contributed by atoms with van der Waals surface area (Å²) in [7, 11) is 0. The van der Waals surface area contributed by atoms with Gasteiger partial charge in [0.1, 0.15) is 0 Å². The minimum absolute atomic E-state index is 0. The molecule has 2 unspecified atom stereocenters. The number of benzene rings is 2. The molecule has 2 atom stereocenters. The lowest BCUT2D eigenvalue weighted by Gasteiger charge is -2.37. The number of rotatable bonds is 20. The van der Waals surface area contributed by atoms with Gasteiger partial charge in [0.25, 0.3) is 0 Å². The average Bonchev–Trinajstić information content (AvgIpc) is 3.32. The predicted octanol–water partition coefficient (Wildman–Crippen LogP) is 2.13. The number of carboxylic acids is 7. The summed E-state index contributed by atoms with van der Waals surface area (Å²) in [5.74, 6) is -7.21. The zero-order chi connectivity index (χ0) is 54.9. The van der Waals surface area contributed by atoms with Gasteiger partial charge in [0.2, 0.25) is 0 Å². The lowest BCUT2D eigenvalue weighted by molar-refractivity contribution is -0.142. The Bertz CT molecular complexity index is 2510. The summed E-state index contributed by atoms with van der Waals surface area (Å²) in [6.45, 7) is 1.15. The van der Waals surface area contributed by atoms with Crippen molar-refractivity contribution in [3.05, 3.63) is 89.2 Å². The quantitative estimate of drug-likeness (QED) is 0.0629. The maximum absolute atomic E-state index is 11.8. The fraction of sp³-hybridized carbons (Fsp3) is 0.480. The Hall–Kier alpha value is -6.80. The molecular weight excluding hydrogens is 1030 g/mol. The maximum Gasteiger partial charge on any atom is 0.317 e. The van der Waals surface area contributed by atoms with Gasteiger partial charge in [0.15, 0.2) is 0 Å². The summed E-state index contributed by atoms with van der Waals surface area (Å²) in [5, 5.41) is 71.0. The Morgan fingerprint density at radius 2 is 0.776 bits per heavy atom. The van der Waals surface area contributed by atoms with Crippen LogP contribution in [-0.4, -0.2) is 250 Å². The number of isothiocyanates is 2.